The summed E-state index contributed by atoms with van der Waals surface area (Å²) in [4.78, 5) is 0. The molecule has 1 N–H and O–H groups in total. The molecule has 2 heteroatoms. The van der Waals surface area contributed by atoms with E-state index in [9.17, 15) is 0 Å². The minimum absolute atomic E-state index is 0.276. The van der Waals surface area contributed by atoms with Gasteiger partial charge in [-0.1, -0.05) is 30.3 Å². The summed E-state index contributed by atoms with van der Waals surface area (Å²) in [5.41, 5.74) is 1.79. The molecular formula is C16H23NO. The van der Waals surface area contributed by atoms with Crippen molar-refractivity contribution in [3.63, 3.8) is 0 Å². The van der Waals surface area contributed by atoms with E-state index >= 15 is 0 Å². The van der Waals surface area contributed by atoms with E-state index in [0.29, 0.717) is 6.10 Å². The Labute approximate surface area is 110 Å². The van der Waals surface area contributed by atoms with Gasteiger partial charge in [-0.25, -0.2) is 0 Å². The van der Waals surface area contributed by atoms with Gasteiger partial charge in [0.15, 0.2) is 0 Å². The second kappa shape index (κ2) is 5.02. The summed E-state index contributed by atoms with van der Waals surface area (Å²) in [5, 5.41) is 3.73. The van der Waals surface area contributed by atoms with E-state index in [1.807, 2.05) is 0 Å². The van der Waals surface area contributed by atoms with Crippen molar-refractivity contribution in [1.82, 2.24) is 5.32 Å². The Hall–Kier alpha value is -0.860. The Morgan fingerprint density at radius 1 is 1.17 bits per heavy atom. The number of ether oxygens (including phenoxy) is 1. The van der Waals surface area contributed by atoms with Gasteiger partial charge in [0.25, 0.3) is 0 Å². The number of benzene rings is 1. The summed E-state index contributed by atoms with van der Waals surface area (Å²) in [6.07, 6.45) is 5.45. The van der Waals surface area contributed by atoms with E-state index in [0.717, 1.165) is 19.1 Å². The summed E-state index contributed by atoms with van der Waals surface area (Å²) in [6.45, 7) is 4.06. The van der Waals surface area contributed by atoms with Gasteiger partial charge >= 0.3 is 0 Å². The predicted octanol–water partition coefficient (Wildman–Crippen LogP) is 3.09. The van der Waals surface area contributed by atoms with E-state index in [-0.39, 0.29) is 5.54 Å². The van der Waals surface area contributed by atoms with Crippen molar-refractivity contribution in [3.05, 3.63) is 35.9 Å². The van der Waals surface area contributed by atoms with Crippen LogP contribution in [0, 0.1) is 0 Å². The molecule has 2 aliphatic rings. The molecule has 1 unspecified atom stereocenters. The first-order chi connectivity index (χ1) is 8.77. The van der Waals surface area contributed by atoms with Gasteiger partial charge in [0.2, 0.25) is 0 Å². The van der Waals surface area contributed by atoms with Crippen LogP contribution in [0.3, 0.4) is 0 Å². The lowest BCUT2D eigenvalue weighted by atomic mass is 9.74. The third-order valence-corrected chi connectivity index (χ3v) is 4.62. The third kappa shape index (κ3) is 2.45. The van der Waals surface area contributed by atoms with Crippen LogP contribution in [0.2, 0.25) is 0 Å². The molecular weight excluding hydrogens is 222 g/mol. The molecule has 0 bridgehead atoms. The normalized spacial score (nSPS) is 36.7. The summed E-state index contributed by atoms with van der Waals surface area (Å²) in [5.74, 6) is 0.748. The second-order valence-electron chi connectivity index (χ2n) is 5.97. The van der Waals surface area contributed by atoms with Gasteiger partial charge in [0.05, 0.1) is 12.7 Å². The van der Waals surface area contributed by atoms with Crippen molar-refractivity contribution in [1.29, 1.82) is 0 Å². The standard InChI is InChI=1S/C16H23NO/c1-13-11-17-16(12-18-13)9-7-15(8-10-16)14-5-3-2-4-6-14/h2-6,13,15,17H,7-12H2,1H3. The zero-order valence-electron chi connectivity index (χ0n) is 11.2. The van der Waals surface area contributed by atoms with Gasteiger partial charge in [-0.15, -0.1) is 0 Å². The molecule has 1 heterocycles. The second-order valence-corrected chi connectivity index (χ2v) is 5.97. The maximum absolute atomic E-state index is 5.85. The molecule has 1 saturated carbocycles. The molecule has 0 radical (unpaired) electrons. The maximum atomic E-state index is 5.85. The lowest BCUT2D eigenvalue weighted by Gasteiger charge is -2.45. The predicted molar refractivity (Wildman–Crippen MR) is 73.8 cm³/mol. The average Bonchev–Trinajstić information content (AvgIpc) is 2.44. The molecule has 98 valence electrons. The van der Waals surface area contributed by atoms with Crippen LogP contribution in [0.15, 0.2) is 30.3 Å². The molecule has 1 aliphatic carbocycles. The monoisotopic (exact) mass is 245 g/mol. The summed E-state index contributed by atoms with van der Waals surface area (Å²) in [7, 11) is 0. The van der Waals surface area contributed by atoms with E-state index in [4.69, 9.17) is 4.74 Å². The molecule has 1 saturated heterocycles. The zero-order valence-corrected chi connectivity index (χ0v) is 11.2. The van der Waals surface area contributed by atoms with Crippen LogP contribution in [-0.4, -0.2) is 24.8 Å². The zero-order chi connectivity index (χ0) is 12.4. The van der Waals surface area contributed by atoms with Gasteiger partial charge in [-0.3, -0.25) is 0 Å². The third-order valence-electron chi connectivity index (χ3n) is 4.62. The van der Waals surface area contributed by atoms with Crippen molar-refractivity contribution in [2.45, 2.75) is 50.2 Å². The maximum Gasteiger partial charge on any atom is 0.0672 e. The van der Waals surface area contributed by atoms with Crippen molar-refractivity contribution in [2.75, 3.05) is 13.2 Å². The number of hydrogen-bond donors (Lipinski definition) is 1. The molecule has 1 aromatic carbocycles. The van der Waals surface area contributed by atoms with E-state index < -0.39 is 0 Å². The van der Waals surface area contributed by atoms with E-state index in [1.54, 1.807) is 0 Å². The number of rotatable bonds is 1. The van der Waals surface area contributed by atoms with Crippen molar-refractivity contribution in [2.24, 2.45) is 0 Å². The Bertz CT molecular complexity index is 371. The van der Waals surface area contributed by atoms with Crippen LogP contribution in [0.4, 0.5) is 0 Å². The SMILES string of the molecule is CC1CNC2(CCC(c3ccccc3)CC2)CO1. The van der Waals surface area contributed by atoms with E-state index in [2.05, 4.69) is 42.6 Å². The lowest BCUT2D eigenvalue weighted by molar-refractivity contribution is -0.0382. The van der Waals surface area contributed by atoms with Crippen LogP contribution in [0.5, 0.6) is 0 Å². The minimum atomic E-state index is 0.276. The molecule has 1 spiro atoms. The molecule has 18 heavy (non-hydrogen) atoms. The Kier molecular flexibility index (Phi) is 3.40. The lowest BCUT2D eigenvalue weighted by Crippen LogP contribution is -2.57. The first-order valence-corrected chi connectivity index (χ1v) is 7.19. The van der Waals surface area contributed by atoms with Gasteiger partial charge < -0.3 is 10.1 Å². The largest absolute Gasteiger partial charge is 0.375 e. The van der Waals surface area contributed by atoms with Crippen LogP contribution >= 0.6 is 0 Å². The van der Waals surface area contributed by atoms with Crippen molar-refractivity contribution >= 4 is 0 Å². The minimum Gasteiger partial charge on any atom is -0.375 e. The highest BCUT2D eigenvalue weighted by atomic mass is 16.5. The molecule has 2 nitrogen and oxygen atoms in total. The quantitative estimate of drug-likeness (QED) is 0.821. The Morgan fingerprint density at radius 3 is 2.50 bits per heavy atom. The van der Waals surface area contributed by atoms with Crippen molar-refractivity contribution < 1.29 is 4.74 Å². The number of morpholine rings is 1. The van der Waals surface area contributed by atoms with E-state index in [1.165, 1.54) is 31.2 Å². The Balaban J connectivity index is 1.61. The summed E-state index contributed by atoms with van der Waals surface area (Å²) in [6, 6.07) is 11.0. The van der Waals surface area contributed by atoms with Crippen molar-refractivity contribution in [3.8, 4) is 0 Å². The molecule has 1 aliphatic heterocycles. The van der Waals surface area contributed by atoms with Gasteiger partial charge in [-0.05, 0) is 44.1 Å². The van der Waals surface area contributed by atoms with Crippen LogP contribution in [0.1, 0.15) is 44.1 Å². The highest BCUT2D eigenvalue weighted by molar-refractivity contribution is 5.20. The fraction of sp³-hybridized carbons (Fsp3) is 0.625. The first kappa shape index (κ1) is 12.2. The number of nitrogens with one attached hydrogen (secondary N) is 1. The van der Waals surface area contributed by atoms with Gasteiger partial charge in [-0.2, -0.15) is 0 Å². The highest BCUT2D eigenvalue weighted by Crippen LogP contribution is 2.39. The molecule has 1 atom stereocenters. The number of hydrogen-bond acceptors (Lipinski definition) is 2. The van der Waals surface area contributed by atoms with Gasteiger partial charge in [0.1, 0.15) is 0 Å². The van der Waals surface area contributed by atoms with Crippen LogP contribution in [0.25, 0.3) is 0 Å². The average molecular weight is 245 g/mol. The summed E-state index contributed by atoms with van der Waals surface area (Å²) >= 11 is 0. The molecule has 2 fully saturated rings. The fourth-order valence-corrected chi connectivity index (χ4v) is 3.32. The molecule has 0 amide bonds. The summed E-state index contributed by atoms with van der Waals surface area (Å²) < 4.78 is 5.85. The Morgan fingerprint density at radius 2 is 1.89 bits per heavy atom. The van der Waals surface area contributed by atoms with Gasteiger partial charge in [0, 0.05) is 12.1 Å². The smallest absolute Gasteiger partial charge is 0.0672 e. The topological polar surface area (TPSA) is 21.3 Å². The van der Waals surface area contributed by atoms with Crippen LogP contribution in [-0.2, 0) is 4.74 Å². The molecule has 3 rings (SSSR count). The molecule has 0 aromatic heterocycles. The van der Waals surface area contributed by atoms with Crippen LogP contribution < -0.4 is 5.32 Å². The highest BCUT2D eigenvalue weighted by Gasteiger charge is 2.38. The first-order valence-electron chi connectivity index (χ1n) is 7.19. The molecule has 1 aromatic rings. The fourth-order valence-electron chi connectivity index (χ4n) is 3.32.